The minimum Gasteiger partial charge on any atom is -0.457 e. The minimum atomic E-state index is -1.75. The quantitative estimate of drug-likeness (QED) is 0.173. The Morgan fingerprint density at radius 2 is 0.889 bits per heavy atom. The van der Waals surface area contributed by atoms with Crippen LogP contribution in [0.5, 0.6) is 0 Å². The Balaban J connectivity index is -0.000000109. The van der Waals surface area contributed by atoms with Crippen molar-refractivity contribution in [3.05, 3.63) is 79.4 Å². The van der Waals surface area contributed by atoms with Gasteiger partial charge in [0.05, 0.1) is 21.2 Å². The molecular formula is C12H20CoN4O10+4. The van der Waals surface area contributed by atoms with E-state index in [4.69, 9.17) is 30.6 Å². The maximum atomic E-state index is 8.25. The molecule has 0 aliphatic rings. The Kier molecular flexibility index (Phi) is 22.8. The third kappa shape index (κ3) is 12.8. The van der Waals surface area contributed by atoms with Crippen molar-refractivity contribution in [1.29, 1.82) is 0 Å². The van der Waals surface area contributed by atoms with Crippen LogP contribution in [0.15, 0.2) is 48.8 Å². The van der Waals surface area contributed by atoms with E-state index in [9.17, 15) is 0 Å². The third-order valence-electron chi connectivity index (χ3n) is 2.34. The van der Waals surface area contributed by atoms with E-state index in [1.165, 1.54) is 0 Å². The zero-order valence-electron chi connectivity index (χ0n) is 13.5. The molecule has 27 heavy (non-hydrogen) atoms. The van der Waals surface area contributed by atoms with E-state index < -0.39 is 10.2 Å². The van der Waals surface area contributed by atoms with E-state index in [2.05, 4.69) is 34.2 Å². The van der Waals surface area contributed by atoms with Crippen molar-refractivity contribution >= 4 is 21.8 Å². The normalized spacial score (nSPS) is 7.41. The second-order valence-corrected chi connectivity index (χ2v) is 3.66. The monoisotopic (exact) mass is 439 g/mol. The molecule has 0 saturated heterocycles. The van der Waals surface area contributed by atoms with E-state index in [1.54, 1.807) is 12.4 Å². The first-order chi connectivity index (χ1) is 10.4. The van der Waals surface area contributed by atoms with Gasteiger partial charge >= 0.3 is 16.8 Å². The Morgan fingerprint density at radius 3 is 1.15 bits per heavy atom. The zero-order valence-corrected chi connectivity index (χ0v) is 14.5. The number of rotatable bonds is 0. The van der Waals surface area contributed by atoms with Crippen LogP contribution in [0.2, 0.25) is 0 Å². The van der Waals surface area contributed by atoms with Crippen LogP contribution < -0.4 is 0 Å². The van der Waals surface area contributed by atoms with E-state index in [0.29, 0.717) is 0 Å². The van der Waals surface area contributed by atoms with Gasteiger partial charge in [0, 0.05) is 23.2 Å². The molecule has 0 bridgehead atoms. The van der Waals surface area contributed by atoms with Gasteiger partial charge in [-0.15, -0.1) is 0 Å². The predicted octanol–water partition coefficient (Wildman–Crippen LogP) is -1.39. The van der Waals surface area contributed by atoms with Gasteiger partial charge < -0.3 is 52.5 Å². The summed E-state index contributed by atoms with van der Waals surface area (Å²) < 4.78 is 0. The molecule has 2 aromatic heterocycles. The summed E-state index contributed by atoms with van der Waals surface area (Å²) in [5.74, 6) is 0. The molecule has 14 nitrogen and oxygen atoms in total. The molecule has 2 heterocycles. The van der Waals surface area contributed by atoms with E-state index in [-0.39, 0.29) is 38.7 Å². The molecule has 0 spiro atoms. The number of nitrogens with zero attached hydrogens (tertiary/aromatic N) is 4. The van der Waals surface area contributed by atoms with Crippen molar-refractivity contribution in [2.24, 2.45) is 0 Å². The van der Waals surface area contributed by atoms with Crippen LogP contribution in [-0.4, -0.2) is 20.1 Å². The Bertz CT molecular complexity index is 732. The minimum absolute atomic E-state index is 0. The molecule has 0 aliphatic carbocycles. The van der Waals surface area contributed by atoms with E-state index >= 15 is 0 Å². The first-order valence-electron chi connectivity index (χ1n) is 5.63. The van der Waals surface area contributed by atoms with Gasteiger partial charge in [0.25, 0.3) is 0 Å². The average Bonchev–Trinajstić information content (AvgIpc) is 2.46. The summed E-state index contributed by atoms with van der Waals surface area (Å²) in [4.78, 5) is 25.2. The van der Waals surface area contributed by atoms with Gasteiger partial charge in [-0.3, -0.25) is 9.97 Å². The topological polar surface area (TPSA) is 290 Å². The van der Waals surface area contributed by atoms with Gasteiger partial charge in [-0.2, -0.15) is 0 Å². The van der Waals surface area contributed by atoms with E-state index in [0.717, 1.165) is 21.8 Å². The maximum absolute atomic E-state index is 8.25. The van der Waals surface area contributed by atoms with Gasteiger partial charge in [0.2, 0.25) is 0 Å². The van der Waals surface area contributed by atoms with Crippen LogP contribution in [0, 0.1) is 30.6 Å². The molecule has 0 unspecified atom stereocenters. The van der Waals surface area contributed by atoms with Crippen molar-refractivity contribution < 1.29 is 48.9 Å². The van der Waals surface area contributed by atoms with Gasteiger partial charge in [-0.25, -0.2) is 0 Å². The van der Waals surface area contributed by atoms with Crippen LogP contribution in [-0.2, 0) is 38.7 Å². The van der Waals surface area contributed by atoms with Crippen molar-refractivity contribution in [2.45, 2.75) is 0 Å². The molecule has 1 aromatic carbocycles. The number of hydrogen-bond donors (Lipinski definition) is 0. The summed E-state index contributed by atoms with van der Waals surface area (Å²) in [6.45, 7) is 0. The second-order valence-electron chi connectivity index (χ2n) is 3.66. The molecule has 0 saturated carbocycles. The molecule has 15 heteroatoms. The third-order valence-corrected chi connectivity index (χ3v) is 2.34. The molecule has 3 aromatic rings. The van der Waals surface area contributed by atoms with Crippen LogP contribution in [0.25, 0.3) is 21.8 Å². The molecule has 3 rings (SSSR count). The summed E-state index contributed by atoms with van der Waals surface area (Å²) in [5.41, 5.74) is 1.95. The van der Waals surface area contributed by atoms with Gasteiger partial charge in [-0.05, 0) is 12.1 Å². The second kappa shape index (κ2) is 17.6. The predicted molar refractivity (Wildman–Crippen MR) is 97.3 cm³/mol. The molecule has 0 aliphatic heterocycles. The summed E-state index contributed by atoms with van der Waals surface area (Å²) in [6.07, 6.45) is 3.60. The van der Waals surface area contributed by atoms with Crippen molar-refractivity contribution in [2.75, 3.05) is 0 Å². The molecule has 12 N–H and O–H groups in total. The summed E-state index contributed by atoms with van der Waals surface area (Å²) in [7, 11) is 0. The Labute approximate surface area is 160 Å². The molecule has 0 fully saturated rings. The van der Waals surface area contributed by atoms with Crippen molar-refractivity contribution in [1.82, 2.24) is 9.97 Å². The number of aromatic nitrogens is 2. The fourth-order valence-electron chi connectivity index (χ4n) is 1.68. The van der Waals surface area contributed by atoms with Gasteiger partial charge in [0.15, 0.2) is 0 Å². The van der Waals surface area contributed by atoms with Gasteiger partial charge in [-0.1, -0.05) is 24.3 Å². The first-order valence-corrected chi connectivity index (χ1v) is 5.63. The standard InChI is InChI=1S/C12H8N2.Co.2NO3.4H2O/c1-3-9-5-6-10-4-2-8-14-12(10)11(9)13-7-1;;2*2-1(3)4;;;;/h1-8H;;;;4*1H2/q;+2;2*-1;;;;/p+4. The number of benzene rings is 1. The Morgan fingerprint density at radius 1 is 0.630 bits per heavy atom. The SMILES string of the molecule is O=[N+]([O-])[O-].O=[N+]([O-])[O-].[Co+2].[OH3+].[OH3+].[OH3+].[OH3+].c1cnc2c(c1)ccc1cccnc12. The van der Waals surface area contributed by atoms with Crippen LogP contribution in [0.4, 0.5) is 0 Å². The maximum Gasteiger partial charge on any atom is 2.00 e. The van der Waals surface area contributed by atoms with Crippen LogP contribution >= 0.6 is 0 Å². The molecule has 1 radical (unpaired) electrons. The smallest absolute Gasteiger partial charge is 0.457 e. The van der Waals surface area contributed by atoms with Crippen LogP contribution in [0.3, 0.4) is 0 Å². The molecule has 153 valence electrons. The fraction of sp³-hybridized carbons (Fsp3) is 0. The molecule has 0 amide bonds. The number of fused-ring (bicyclic) bond motifs is 3. The largest absolute Gasteiger partial charge is 2.00 e. The van der Waals surface area contributed by atoms with E-state index in [1.807, 2.05) is 12.1 Å². The molecule has 0 atom stereocenters. The average molecular weight is 439 g/mol. The fourth-order valence-corrected chi connectivity index (χ4v) is 1.68. The van der Waals surface area contributed by atoms with Crippen LogP contribution in [0.1, 0.15) is 0 Å². The number of pyridine rings is 2. The number of hydrogen-bond acceptors (Lipinski definition) is 8. The summed E-state index contributed by atoms with van der Waals surface area (Å²) >= 11 is 0. The summed E-state index contributed by atoms with van der Waals surface area (Å²) in [6, 6.07) is 12.1. The Hall–Kier alpha value is -3.21. The van der Waals surface area contributed by atoms with Crippen molar-refractivity contribution in [3.63, 3.8) is 0 Å². The van der Waals surface area contributed by atoms with Crippen molar-refractivity contribution in [3.8, 4) is 0 Å². The first kappa shape index (κ1) is 35.0. The van der Waals surface area contributed by atoms with Gasteiger partial charge in [0.1, 0.15) is 0 Å². The zero-order chi connectivity index (χ0) is 16.5. The molecular weight excluding hydrogens is 419 g/mol. The summed E-state index contributed by atoms with van der Waals surface area (Å²) in [5, 5.41) is 31.8.